The molecule has 8 heavy (non-hydrogen) atoms. The van der Waals surface area contributed by atoms with Gasteiger partial charge in [-0.1, -0.05) is 26.0 Å². The lowest BCUT2D eigenvalue weighted by molar-refractivity contribution is 0.539. The zero-order chi connectivity index (χ0) is 6.57. The van der Waals surface area contributed by atoms with E-state index in [9.17, 15) is 4.79 Å². The Labute approximate surface area is 50.4 Å². The normalized spacial score (nSPS) is 12.8. The van der Waals surface area contributed by atoms with Crippen LogP contribution in [0.15, 0.2) is 12.2 Å². The highest BCUT2D eigenvalue weighted by molar-refractivity contribution is 5.58. The van der Waals surface area contributed by atoms with Crippen molar-refractivity contribution in [3.05, 3.63) is 12.2 Å². The zero-order valence-corrected chi connectivity index (χ0v) is 5.40. The van der Waals surface area contributed by atoms with Gasteiger partial charge in [0.2, 0.25) is 6.29 Å². The molecule has 1 atom stereocenters. The van der Waals surface area contributed by atoms with E-state index in [-0.39, 0.29) is 5.92 Å². The highest BCUT2D eigenvalue weighted by Gasteiger charge is 2.01. The number of allylic oxidation sites excluding steroid dienone is 1. The summed E-state index contributed by atoms with van der Waals surface area (Å²) in [7, 11) is 0. The van der Waals surface area contributed by atoms with E-state index in [0.29, 0.717) is 0 Å². The molecule has 0 saturated heterocycles. The number of hydrogen-bond acceptors (Lipinski definition) is 1. The van der Waals surface area contributed by atoms with Crippen molar-refractivity contribution in [2.75, 3.05) is 0 Å². The number of hydrogen-bond donors (Lipinski definition) is 0. The molecule has 0 saturated carbocycles. The topological polar surface area (TPSA) is 17.1 Å². The molecule has 0 aliphatic rings. The van der Waals surface area contributed by atoms with Crippen LogP contribution in [0.4, 0.5) is 0 Å². The van der Waals surface area contributed by atoms with Gasteiger partial charge in [0.05, 0.1) is 0 Å². The van der Waals surface area contributed by atoms with Gasteiger partial charge in [-0.05, 0) is 6.42 Å². The first kappa shape index (κ1) is 7.41. The fraction of sp³-hybridized carbons (Fsp3) is 0.571. The van der Waals surface area contributed by atoms with Crippen LogP contribution in [0, 0.1) is 5.92 Å². The fourth-order valence-corrected chi connectivity index (χ4v) is 0.390. The number of carbonyl (C=O) groups excluding carboxylic acids is 1. The molecule has 0 N–H and O–H groups in total. The van der Waals surface area contributed by atoms with Crippen molar-refractivity contribution in [3.63, 3.8) is 0 Å². The SMILES string of the molecule is C=C(CC)C(C)[C]=O. The molecule has 0 aromatic rings. The molecule has 1 nitrogen and oxygen atoms in total. The fourth-order valence-electron chi connectivity index (χ4n) is 0.390. The van der Waals surface area contributed by atoms with Crippen LogP contribution in [0.3, 0.4) is 0 Å². The largest absolute Gasteiger partial charge is 0.290 e. The van der Waals surface area contributed by atoms with Crippen LogP contribution in [0.1, 0.15) is 20.3 Å². The van der Waals surface area contributed by atoms with Crippen LogP contribution in [0.5, 0.6) is 0 Å². The maximum absolute atomic E-state index is 9.92. The third kappa shape index (κ3) is 1.92. The second-order valence-corrected chi connectivity index (χ2v) is 1.85. The third-order valence-electron chi connectivity index (χ3n) is 1.24. The standard InChI is InChI=1S/C7H11O/c1-4-6(2)7(3)5-8/h7H,2,4H2,1,3H3. The summed E-state index contributed by atoms with van der Waals surface area (Å²) < 4.78 is 0. The molecule has 0 spiro atoms. The van der Waals surface area contributed by atoms with E-state index in [0.717, 1.165) is 12.0 Å². The summed E-state index contributed by atoms with van der Waals surface area (Å²) in [6.07, 6.45) is 2.74. The second kappa shape index (κ2) is 3.42. The summed E-state index contributed by atoms with van der Waals surface area (Å²) in [5.41, 5.74) is 0.958. The molecule has 0 rings (SSSR count). The molecule has 0 aromatic carbocycles. The van der Waals surface area contributed by atoms with Crippen molar-refractivity contribution in [2.45, 2.75) is 20.3 Å². The van der Waals surface area contributed by atoms with E-state index in [2.05, 4.69) is 6.58 Å². The maximum atomic E-state index is 9.92. The first-order chi connectivity index (χ1) is 3.72. The Hall–Kier alpha value is -0.590. The zero-order valence-electron chi connectivity index (χ0n) is 5.40. The second-order valence-electron chi connectivity index (χ2n) is 1.85. The Bertz CT molecular complexity index is 94.6. The molecular formula is C7H11O. The quantitative estimate of drug-likeness (QED) is 0.506. The van der Waals surface area contributed by atoms with Crippen molar-refractivity contribution in [2.24, 2.45) is 5.92 Å². The minimum absolute atomic E-state index is 0.0833. The van der Waals surface area contributed by atoms with Gasteiger partial charge in [0.25, 0.3) is 0 Å². The Morgan fingerprint density at radius 2 is 2.38 bits per heavy atom. The van der Waals surface area contributed by atoms with Gasteiger partial charge < -0.3 is 0 Å². The van der Waals surface area contributed by atoms with Crippen molar-refractivity contribution in [3.8, 4) is 0 Å². The Morgan fingerprint density at radius 1 is 1.88 bits per heavy atom. The highest BCUT2D eigenvalue weighted by Crippen LogP contribution is 2.07. The Kier molecular flexibility index (Phi) is 3.16. The van der Waals surface area contributed by atoms with E-state index in [1.807, 2.05) is 13.2 Å². The molecule has 45 valence electrons. The molecule has 0 heterocycles. The van der Waals surface area contributed by atoms with Gasteiger partial charge in [-0.25, -0.2) is 0 Å². The molecule has 0 fully saturated rings. The van der Waals surface area contributed by atoms with Crippen LogP contribution in [-0.4, -0.2) is 6.29 Å². The van der Waals surface area contributed by atoms with Crippen LogP contribution in [-0.2, 0) is 4.79 Å². The van der Waals surface area contributed by atoms with Gasteiger partial charge in [0, 0.05) is 5.92 Å². The first-order valence-corrected chi connectivity index (χ1v) is 2.77. The predicted octanol–water partition coefficient (Wildman–Crippen LogP) is 1.70. The van der Waals surface area contributed by atoms with Crippen LogP contribution < -0.4 is 0 Å². The van der Waals surface area contributed by atoms with E-state index in [1.54, 1.807) is 6.92 Å². The van der Waals surface area contributed by atoms with E-state index in [1.165, 1.54) is 0 Å². The lowest BCUT2D eigenvalue weighted by Gasteiger charge is -2.00. The summed E-state index contributed by atoms with van der Waals surface area (Å²) in [5, 5.41) is 0. The van der Waals surface area contributed by atoms with Gasteiger partial charge in [-0.2, -0.15) is 0 Å². The van der Waals surface area contributed by atoms with Gasteiger partial charge >= 0.3 is 0 Å². The lowest BCUT2D eigenvalue weighted by Crippen LogP contribution is -1.96. The molecule has 1 heteroatoms. The Morgan fingerprint density at radius 3 is 2.50 bits per heavy atom. The molecule has 1 unspecified atom stereocenters. The van der Waals surface area contributed by atoms with Crippen LogP contribution >= 0.6 is 0 Å². The van der Waals surface area contributed by atoms with E-state index < -0.39 is 0 Å². The van der Waals surface area contributed by atoms with Crippen LogP contribution in [0.25, 0.3) is 0 Å². The minimum Gasteiger partial charge on any atom is -0.290 e. The monoisotopic (exact) mass is 111 g/mol. The minimum atomic E-state index is -0.0833. The molecular weight excluding hydrogens is 100 g/mol. The van der Waals surface area contributed by atoms with E-state index in [4.69, 9.17) is 0 Å². The van der Waals surface area contributed by atoms with Crippen molar-refractivity contribution >= 4 is 6.29 Å². The summed E-state index contributed by atoms with van der Waals surface area (Å²) in [4.78, 5) is 9.92. The van der Waals surface area contributed by atoms with Gasteiger partial charge in [-0.3, -0.25) is 4.79 Å². The lowest BCUT2D eigenvalue weighted by atomic mass is 10.0. The molecule has 0 bridgehead atoms. The average molecular weight is 111 g/mol. The van der Waals surface area contributed by atoms with Crippen molar-refractivity contribution in [1.82, 2.24) is 0 Å². The molecule has 0 amide bonds. The van der Waals surface area contributed by atoms with Gasteiger partial charge in [0.1, 0.15) is 0 Å². The van der Waals surface area contributed by atoms with E-state index >= 15 is 0 Å². The maximum Gasteiger partial charge on any atom is 0.205 e. The summed E-state index contributed by atoms with van der Waals surface area (Å²) >= 11 is 0. The van der Waals surface area contributed by atoms with Gasteiger partial charge in [0.15, 0.2) is 0 Å². The molecule has 1 radical (unpaired) electrons. The Balaban J connectivity index is 3.62. The molecule has 0 aromatic heterocycles. The average Bonchev–Trinajstić information content (AvgIpc) is 1.84. The van der Waals surface area contributed by atoms with Crippen molar-refractivity contribution < 1.29 is 4.79 Å². The summed E-state index contributed by atoms with van der Waals surface area (Å²) in [6, 6.07) is 0. The molecule has 0 aliphatic heterocycles. The summed E-state index contributed by atoms with van der Waals surface area (Å²) in [6.45, 7) is 7.47. The third-order valence-corrected chi connectivity index (χ3v) is 1.24. The smallest absolute Gasteiger partial charge is 0.205 e. The summed E-state index contributed by atoms with van der Waals surface area (Å²) in [5.74, 6) is -0.0833. The highest BCUT2D eigenvalue weighted by atomic mass is 16.1. The first-order valence-electron chi connectivity index (χ1n) is 2.77. The van der Waals surface area contributed by atoms with Gasteiger partial charge in [-0.15, -0.1) is 0 Å². The van der Waals surface area contributed by atoms with Crippen LogP contribution in [0.2, 0.25) is 0 Å². The molecule has 0 aliphatic carbocycles. The predicted molar refractivity (Wildman–Crippen MR) is 34.3 cm³/mol. The van der Waals surface area contributed by atoms with Crippen molar-refractivity contribution in [1.29, 1.82) is 0 Å². The number of rotatable bonds is 3.